The number of sulfonamides is 1. The van der Waals surface area contributed by atoms with Gasteiger partial charge in [-0.3, -0.25) is 0 Å². The van der Waals surface area contributed by atoms with Crippen molar-refractivity contribution in [2.45, 2.75) is 31.7 Å². The summed E-state index contributed by atoms with van der Waals surface area (Å²) < 4.78 is 26.5. The Kier molecular flexibility index (Phi) is 5.75. The Labute approximate surface area is 121 Å². The molecule has 1 unspecified atom stereocenters. The van der Waals surface area contributed by atoms with Crippen LogP contribution in [0.2, 0.25) is 0 Å². The number of aliphatic hydroxyl groups excluding tert-OH is 1. The van der Waals surface area contributed by atoms with E-state index in [-0.39, 0.29) is 23.5 Å². The van der Waals surface area contributed by atoms with E-state index in [9.17, 15) is 8.42 Å². The van der Waals surface area contributed by atoms with Gasteiger partial charge in [0.05, 0.1) is 4.90 Å². The highest BCUT2D eigenvalue weighted by Crippen LogP contribution is 2.20. The van der Waals surface area contributed by atoms with Gasteiger partial charge in [0.1, 0.15) is 6.61 Å². The fraction of sp³-hybridized carbons (Fsp3) is 0.467. The molecule has 0 aliphatic carbocycles. The molecule has 1 atom stereocenters. The molecule has 20 heavy (non-hydrogen) atoms. The molecule has 0 aliphatic heterocycles. The summed E-state index contributed by atoms with van der Waals surface area (Å²) in [5.74, 6) is 5.45. The highest BCUT2D eigenvalue weighted by Gasteiger charge is 2.26. The number of nitrogens with zero attached hydrogens (tertiary/aromatic N) is 1. The Balaban J connectivity index is 3.16. The van der Waals surface area contributed by atoms with Crippen molar-refractivity contribution in [3.05, 3.63) is 29.8 Å². The van der Waals surface area contributed by atoms with Crippen molar-refractivity contribution in [1.82, 2.24) is 4.31 Å². The van der Waals surface area contributed by atoms with Gasteiger partial charge in [-0.15, -0.1) is 0 Å². The molecule has 0 fully saturated rings. The summed E-state index contributed by atoms with van der Waals surface area (Å²) in [7, 11) is -1.94. The fourth-order valence-corrected chi connectivity index (χ4v) is 3.22. The van der Waals surface area contributed by atoms with Crippen molar-refractivity contribution >= 4 is 10.0 Å². The monoisotopic (exact) mass is 295 g/mol. The molecule has 4 nitrogen and oxygen atoms in total. The van der Waals surface area contributed by atoms with Gasteiger partial charge in [0.2, 0.25) is 10.0 Å². The summed E-state index contributed by atoms with van der Waals surface area (Å²) in [5.41, 5.74) is 0.575. The van der Waals surface area contributed by atoms with Gasteiger partial charge in [-0.25, -0.2) is 8.42 Å². The lowest BCUT2D eigenvalue weighted by Gasteiger charge is -2.27. The topological polar surface area (TPSA) is 57.6 Å². The molecule has 0 amide bonds. The average Bonchev–Trinajstić information content (AvgIpc) is 2.43. The van der Waals surface area contributed by atoms with Crippen molar-refractivity contribution in [3.8, 4) is 11.8 Å². The van der Waals surface area contributed by atoms with Crippen molar-refractivity contribution in [1.29, 1.82) is 0 Å². The van der Waals surface area contributed by atoms with Crippen LogP contribution in [0.1, 0.15) is 26.3 Å². The standard InChI is InChI=1S/C15H21NO3S/c1-12(2)13(3)16(4)20(18,19)15-9-5-7-14(11-15)8-6-10-17/h5,7,9,11-13,17H,10H2,1-4H3. The summed E-state index contributed by atoms with van der Waals surface area (Å²) in [6.45, 7) is 5.61. The van der Waals surface area contributed by atoms with Crippen LogP contribution in [0.4, 0.5) is 0 Å². The molecule has 110 valence electrons. The number of hydrogen-bond donors (Lipinski definition) is 1. The summed E-state index contributed by atoms with van der Waals surface area (Å²) in [6.07, 6.45) is 0. The minimum absolute atomic E-state index is 0.0906. The van der Waals surface area contributed by atoms with E-state index >= 15 is 0 Å². The number of benzene rings is 1. The minimum atomic E-state index is -3.53. The van der Waals surface area contributed by atoms with E-state index in [1.165, 1.54) is 10.4 Å². The molecule has 5 heteroatoms. The maximum atomic E-state index is 12.5. The smallest absolute Gasteiger partial charge is 0.243 e. The van der Waals surface area contributed by atoms with Gasteiger partial charge < -0.3 is 5.11 Å². The lowest BCUT2D eigenvalue weighted by Crippen LogP contribution is -2.38. The third kappa shape index (κ3) is 3.83. The predicted molar refractivity (Wildman–Crippen MR) is 79.7 cm³/mol. The van der Waals surface area contributed by atoms with Crippen molar-refractivity contribution in [2.24, 2.45) is 5.92 Å². The number of rotatable bonds is 4. The molecule has 0 aromatic heterocycles. The van der Waals surface area contributed by atoms with Crippen LogP contribution in [-0.4, -0.2) is 37.5 Å². The van der Waals surface area contributed by atoms with Crippen LogP contribution in [0, 0.1) is 17.8 Å². The first kappa shape index (κ1) is 16.7. The van der Waals surface area contributed by atoms with Gasteiger partial charge in [0.15, 0.2) is 0 Å². The molecule has 1 N–H and O–H groups in total. The largest absolute Gasteiger partial charge is 0.384 e. The van der Waals surface area contributed by atoms with E-state index in [4.69, 9.17) is 5.11 Å². The van der Waals surface area contributed by atoms with E-state index < -0.39 is 10.0 Å². The second-order valence-corrected chi connectivity index (χ2v) is 6.99. The Morgan fingerprint density at radius 2 is 1.95 bits per heavy atom. The quantitative estimate of drug-likeness (QED) is 0.860. The highest BCUT2D eigenvalue weighted by atomic mass is 32.2. The first-order valence-electron chi connectivity index (χ1n) is 6.48. The normalized spacial score (nSPS) is 13.2. The Hall–Kier alpha value is -1.35. The maximum absolute atomic E-state index is 12.5. The van der Waals surface area contributed by atoms with Crippen LogP contribution in [0.25, 0.3) is 0 Å². The SMILES string of the molecule is CC(C)C(C)N(C)S(=O)(=O)c1cccc(C#CCO)c1. The van der Waals surface area contributed by atoms with E-state index in [1.807, 2.05) is 20.8 Å². The molecule has 1 rings (SSSR count). The van der Waals surface area contributed by atoms with E-state index in [0.717, 1.165) is 0 Å². The number of hydrogen-bond acceptors (Lipinski definition) is 3. The zero-order chi connectivity index (χ0) is 15.3. The molecular formula is C15H21NO3S. The second kappa shape index (κ2) is 6.89. The van der Waals surface area contributed by atoms with Gasteiger partial charge >= 0.3 is 0 Å². The zero-order valence-corrected chi connectivity index (χ0v) is 13.1. The molecule has 0 spiro atoms. The molecular weight excluding hydrogens is 274 g/mol. The van der Waals surface area contributed by atoms with Crippen LogP contribution in [0.5, 0.6) is 0 Å². The molecule has 0 saturated heterocycles. The Bertz CT molecular complexity index is 611. The maximum Gasteiger partial charge on any atom is 0.243 e. The highest BCUT2D eigenvalue weighted by molar-refractivity contribution is 7.89. The van der Waals surface area contributed by atoms with Crippen molar-refractivity contribution in [3.63, 3.8) is 0 Å². The summed E-state index contributed by atoms with van der Waals surface area (Å²) in [6, 6.07) is 6.37. The van der Waals surface area contributed by atoms with Crippen molar-refractivity contribution in [2.75, 3.05) is 13.7 Å². The van der Waals surface area contributed by atoms with Crippen LogP contribution < -0.4 is 0 Å². The summed E-state index contributed by atoms with van der Waals surface area (Å²) >= 11 is 0. The van der Waals surface area contributed by atoms with Gasteiger partial charge in [0.25, 0.3) is 0 Å². The average molecular weight is 295 g/mol. The van der Waals surface area contributed by atoms with E-state index in [1.54, 1.807) is 25.2 Å². The molecule has 0 radical (unpaired) electrons. The van der Waals surface area contributed by atoms with Gasteiger partial charge in [-0.05, 0) is 31.0 Å². The third-order valence-electron chi connectivity index (χ3n) is 3.36. The Morgan fingerprint density at radius 1 is 1.30 bits per heavy atom. The minimum Gasteiger partial charge on any atom is -0.384 e. The van der Waals surface area contributed by atoms with Gasteiger partial charge in [-0.1, -0.05) is 31.8 Å². The van der Waals surface area contributed by atoms with Crippen LogP contribution in [-0.2, 0) is 10.0 Å². The van der Waals surface area contributed by atoms with Crippen LogP contribution >= 0.6 is 0 Å². The molecule has 1 aromatic carbocycles. The van der Waals surface area contributed by atoms with Gasteiger partial charge in [-0.2, -0.15) is 4.31 Å². The third-order valence-corrected chi connectivity index (χ3v) is 5.30. The number of aliphatic hydroxyl groups is 1. The molecule has 0 aliphatic rings. The van der Waals surface area contributed by atoms with E-state index in [0.29, 0.717) is 5.56 Å². The lowest BCUT2D eigenvalue weighted by molar-refractivity contribution is 0.316. The van der Waals surface area contributed by atoms with Crippen molar-refractivity contribution < 1.29 is 13.5 Å². The Morgan fingerprint density at radius 3 is 2.50 bits per heavy atom. The van der Waals surface area contributed by atoms with E-state index in [2.05, 4.69) is 11.8 Å². The molecule has 0 heterocycles. The molecule has 0 bridgehead atoms. The molecule has 1 aromatic rings. The van der Waals surface area contributed by atoms with Crippen LogP contribution in [0.3, 0.4) is 0 Å². The lowest BCUT2D eigenvalue weighted by atomic mass is 10.1. The fourth-order valence-electron chi connectivity index (χ4n) is 1.68. The van der Waals surface area contributed by atoms with Gasteiger partial charge in [0, 0.05) is 18.7 Å². The second-order valence-electron chi connectivity index (χ2n) is 4.99. The molecule has 0 saturated carbocycles. The first-order valence-corrected chi connectivity index (χ1v) is 7.92. The first-order chi connectivity index (χ1) is 9.30. The summed E-state index contributed by atoms with van der Waals surface area (Å²) in [5, 5.41) is 8.68. The predicted octanol–water partition coefficient (Wildman–Crippen LogP) is 1.70. The zero-order valence-electron chi connectivity index (χ0n) is 12.3. The van der Waals surface area contributed by atoms with Crippen LogP contribution in [0.15, 0.2) is 29.2 Å². The summed E-state index contributed by atoms with van der Waals surface area (Å²) in [4.78, 5) is 0.220.